The van der Waals surface area contributed by atoms with Crippen LogP contribution in [0.5, 0.6) is 0 Å². The summed E-state index contributed by atoms with van der Waals surface area (Å²) >= 11 is 3.45. The summed E-state index contributed by atoms with van der Waals surface area (Å²) < 4.78 is 1.03. The summed E-state index contributed by atoms with van der Waals surface area (Å²) in [5.41, 5.74) is 3.76. The quantitative estimate of drug-likeness (QED) is 0.787. The summed E-state index contributed by atoms with van der Waals surface area (Å²) in [5.74, 6) is 0.640. The molecule has 1 aromatic heterocycles. The lowest BCUT2D eigenvalue weighted by Crippen LogP contribution is -2.29. The molecule has 0 aliphatic carbocycles. The maximum absolute atomic E-state index is 11.7. The Kier molecular flexibility index (Phi) is 3.58. The number of aromatic nitrogens is 2. The lowest BCUT2D eigenvalue weighted by atomic mass is 10.1. The van der Waals surface area contributed by atoms with E-state index in [1.54, 1.807) is 0 Å². The van der Waals surface area contributed by atoms with Crippen molar-refractivity contribution in [2.45, 2.75) is 19.9 Å². The van der Waals surface area contributed by atoms with Gasteiger partial charge in [0.15, 0.2) is 0 Å². The third-order valence-electron chi connectivity index (χ3n) is 3.42. The Labute approximate surface area is 125 Å². The molecule has 6 heteroatoms. The van der Waals surface area contributed by atoms with E-state index in [-0.39, 0.29) is 5.69 Å². The van der Waals surface area contributed by atoms with Gasteiger partial charge in [-0.15, -0.1) is 0 Å². The lowest BCUT2D eigenvalue weighted by molar-refractivity contribution is 0.624. The molecule has 0 amide bonds. The van der Waals surface area contributed by atoms with Crippen LogP contribution in [0.25, 0.3) is 0 Å². The molecule has 0 saturated carbocycles. The Hall–Kier alpha value is -1.66. The SMILES string of the molecule is Cc1cc(Br)ccc1Nc1nc(=O)[nH]c2c1CNCC2. The summed E-state index contributed by atoms with van der Waals surface area (Å²) in [6.07, 6.45) is 0.821. The van der Waals surface area contributed by atoms with Gasteiger partial charge in [0.25, 0.3) is 0 Å². The van der Waals surface area contributed by atoms with Crippen molar-refractivity contribution >= 4 is 27.4 Å². The molecule has 3 rings (SSSR count). The largest absolute Gasteiger partial charge is 0.347 e. The Bertz CT molecular complexity index is 711. The zero-order valence-electron chi connectivity index (χ0n) is 11.1. The van der Waals surface area contributed by atoms with E-state index >= 15 is 0 Å². The summed E-state index contributed by atoms with van der Waals surface area (Å²) in [7, 11) is 0. The highest BCUT2D eigenvalue weighted by Gasteiger charge is 2.16. The van der Waals surface area contributed by atoms with Crippen LogP contribution in [-0.2, 0) is 13.0 Å². The van der Waals surface area contributed by atoms with Crippen LogP contribution in [-0.4, -0.2) is 16.5 Å². The number of rotatable bonds is 2. The van der Waals surface area contributed by atoms with Crippen molar-refractivity contribution in [1.29, 1.82) is 0 Å². The molecule has 0 saturated heterocycles. The van der Waals surface area contributed by atoms with Crippen LogP contribution < -0.4 is 16.3 Å². The monoisotopic (exact) mass is 334 g/mol. The number of hydrogen-bond donors (Lipinski definition) is 3. The Balaban J connectivity index is 2.02. The molecule has 0 fully saturated rings. The molecule has 5 nitrogen and oxygen atoms in total. The molecule has 0 atom stereocenters. The third-order valence-corrected chi connectivity index (χ3v) is 3.91. The van der Waals surface area contributed by atoms with Crippen molar-refractivity contribution in [1.82, 2.24) is 15.3 Å². The fraction of sp³-hybridized carbons (Fsp3) is 0.286. The van der Waals surface area contributed by atoms with Gasteiger partial charge in [-0.25, -0.2) is 4.79 Å². The first kappa shape index (κ1) is 13.3. The minimum atomic E-state index is -0.303. The van der Waals surface area contributed by atoms with Gasteiger partial charge in [0, 0.05) is 40.9 Å². The van der Waals surface area contributed by atoms with E-state index in [4.69, 9.17) is 0 Å². The Morgan fingerprint density at radius 3 is 3.05 bits per heavy atom. The van der Waals surface area contributed by atoms with Crippen molar-refractivity contribution in [3.05, 3.63) is 50.0 Å². The summed E-state index contributed by atoms with van der Waals surface area (Å²) in [4.78, 5) is 18.6. The smallest absolute Gasteiger partial charge is 0.340 e. The number of nitrogens with zero attached hydrogens (tertiary/aromatic N) is 1. The van der Waals surface area contributed by atoms with Crippen molar-refractivity contribution in [3.8, 4) is 0 Å². The number of H-pyrrole nitrogens is 1. The molecule has 0 bridgehead atoms. The van der Waals surface area contributed by atoms with Gasteiger partial charge in [-0.2, -0.15) is 4.98 Å². The fourth-order valence-corrected chi connectivity index (χ4v) is 2.85. The van der Waals surface area contributed by atoms with Crippen LogP contribution in [0.1, 0.15) is 16.8 Å². The number of aryl methyl sites for hydroxylation is 1. The molecule has 0 radical (unpaired) electrons. The molecule has 2 aromatic rings. The predicted octanol–water partition coefficient (Wildman–Crippen LogP) is 2.23. The number of fused-ring (bicyclic) bond motifs is 1. The van der Waals surface area contributed by atoms with E-state index in [0.717, 1.165) is 46.5 Å². The first-order valence-corrected chi connectivity index (χ1v) is 7.29. The normalized spacial score (nSPS) is 13.9. The van der Waals surface area contributed by atoms with Gasteiger partial charge in [0.05, 0.1) is 0 Å². The van der Waals surface area contributed by atoms with Crippen LogP contribution in [0.15, 0.2) is 27.5 Å². The molecule has 2 heterocycles. The molecule has 1 aromatic carbocycles. The minimum Gasteiger partial charge on any atom is -0.340 e. The first-order chi connectivity index (χ1) is 9.63. The zero-order chi connectivity index (χ0) is 14.1. The van der Waals surface area contributed by atoms with Gasteiger partial charge < -0.3 is 15.6 Å². The van der Waals surface area contributed by atoms with Gasteiger partial charge in [-0.3, -0.25) is 0 Å². The van der Waals surface area contributed by atoms with Crippen molar-refractivity contribution in [2.24, 2.45) is 0 Å². The third kappa shape index (κ3) is 2.62. The molecule has 104 valence electrons. The van der Waals surface area contributed by atoms with E-state index < -0.39 is 0 Å². The predicted molar refractivity (Wildman–Crippen MR) is 82.4 cm³/mol. The van der Waals surface area contributed by atoms with E-state index in [0.29, 0.717) is 5.82 Å². The standard InChI is InChI=1S/C14H15BrN4O/c1-8-6-9(15)2-3-11(8)17-13-10-7-16-5-4-12(10)18-14(20)19-13/h2-3,6,16H,4-5,7H2,1H3,(H2,17,18,19,20). The topological polar surface area (TPSA) is 69.8 Å². The molecule has 1 aliphatic rings. The number of benzene rings is 1. The molecular weight excluding hydrogens is 320 g/mol. The second-order valence-electron chi connectivity index (χ2n) is 4.86. The van der Waals surface area contributed by atoms with Gasteiger partial charge >= 0.3 is 5.69 Å². The molecule has 0 unspecified atom stereocenters. The highest BCUT2D eigenvalue weighted by Crippen LogP contribution is 2.25. The average molecular weight is 335 g/mol. The van der Waals surface area contributed by atoms with Crippen LogP contribution in [0.3, 0.4) is 0 Å². The Morgan fingerprint density at radius 2 is 2.25 bits per heavy atom. The number of nitrogens with one attached hydrogen (secondary N) is 3. The number of halogens is 1. The highest BCUT2D eigenvalue weighted by molar-refractivity contribution is 9.10. The van der Waals surface area contributed by atoms with Crippen molar-refractivity contribution in [3.63, 3.8) is 0 Å². The average Bonchev–Trinajstić information content (AvgIpc) is 2.41. The molecular formula is C14H15BrN4O. The molecule has 1 aliphatic heterocycles. The first-order valence-electron chi connectivity index (χ1n) is 6.49. The second kappa shape index (κ2) is 5.38. The van der Waals surface area contributed by atoms with Gasteiger partial charge in [0.2, 0.25) is 0 Å². The van der Waals surface area contributed by atoms with Crippen molar-refractivity contribution < 1.29 is 0 Å². The molecule has 20 heavy (non-hydrogen) atoms. The van der Waals surface area contributed by atoms with Gasteiger partial charge in [0.1, 0.15) is 5.82 Å². The van der Waals surface area contributed by atoms with E-state index in [1.807, 2.05) is 25.1 Å². The fourth-order valence-electron chi connectivity index (χ4n) is 2.37. The van der Waals surface area contributed by atoms with E-state index in [9.17, 15) is 4.79 Å². The summed E-state index contributed by atoms with van der Waals surface area (Å²) in [5, 5.41) is 6.58. The number of anilines is 2. The van der Waals surface area contributed by atoms with Crippen molar-refractivity contribution in [2.75, 3.05) is 11.9 Å². The molecule has 3 N–H and O–H groups in total. The summed E-state index contributed by atoms with van der Waals surface area (Å²) in [6, 6.07) is 5.97. The van der Waals surface area contributed by atoms with Crippen LogP contribution in [0.4, 0.5) is 11.5 Å². The zero-order valence-corrected chi connectivity index (χ0v) is 12.7. The maximum Gasteiger partial charge on any atom is 0.347 e. The Morgan fingerprint density at radius 1 is 1.40 bits per heavy atom. The highest BCUT2D eigenvalue weighted by atomic mass is 79.9. The number of aromatic amines is 1. The van der Waals surface area contributed by atoms with Crippen LogP contribution in [0, 0.1) is 6.92 Å². The molecule has 0 spiro atoms. The van der Waals surface area contributed by atoms with Crippen LogP contribution in [0.2, 0.25) is 0 Å². The second-order valence-corrected chi connectivity index (χ2v) is 5.77. The van der Waals surface area contributed by atoms with Crippen LogP contribution >= 0.6 is 15.9 Å². The van der Waals surface area contributed by atoms with Gasteiger partial charge in [-0.05, 0) is 30.7 Å². The lowest BCUT2D eigenvalue weighted by Gasteiger charge is -2.20. The maximum atomic E-state index is 11.7. The number of hydrogen-bond acceptors (Lipinski definition) is 4. The van der Waals surface area contributed by atoms with E-state index in [1.165, 1.54) is 0 Å². The van der Waals surface area contributed by atoms with E-state index in [2.05, 4.69) is 36.5 Å². The van der Waals surface area contributed by atoms with Gasteiger partial charge in [-0.1, -0.05) is 15.9 Å². The minimum absolute atomic E-state index is 0.303. The summed E-state index contributed by atoms with van der Waals surface area (Å²) in [6.45, 7) is 3.62.